The van der Waals surface area contributed by atoms with E-state index in [1.165, 1.54) is 0 Å². The first-order chi connectivity index (χ1) is 12.4. The summed E-state index contributed by atoms with van der Waals surface area (Å²) in [6.45, 7) is 16.2. The third-order valence-electron chi connectivity index (χ3n) is 5.91. The van der Waals surface area contributed by atoms with E-state index >= 15 is 0 Å². The van der Waals surface area contributed by atoms with E-state index in [-0.39, 0.29) is 35.1 Å². The fourth-order valence-corrected chi connectivity index (χ4v) is 4.12. The highest BCUT2D eigenvalue weighted by molar-refractivity contribution is 6.74. The predicted molar refractivity (Wildman–Crippen MR) is 115 cm³/mol. The number of hydrogen-bond donors (Lipinski definition) is 2. The Balaban J connectivity index is 1.94. The average molecular weight is 392 g/mol. The van der Waals surface area contributed by atoms with Crippen molar-refractivity contribution in [2.45, 2.75) is 71.0 Å². The van der Waals surface area contributed by atoms with Gasteiger partial charge < -0.3 is 9.74 Å². The van der Waals surface area contributed by atoms with E-state index in [1.54, 1.807) is 0 Å². The minimum atomic E-state index is -1.75. The van der Waals surface area contributed by atoms with Crippen LogP contribution in [0.5, 0.6) is 0 Å². The average Bonchev–Trinajstić information content (AvgIpc) is 3.32. The van der Waals surface area contributed by atoms with E-state index in [0.29, 0.717) is 6.61 Å². The summed E-state index contributed by atoms with van der Waals surface area (Å²) in [4.78, 5) is 15.0. The largest absolute Gasteiger partial charge is 0.415 e. The number of rotatable bonds is 8. The number of para-hydroxylation sites is 1. The van der Waals surface area contributed by atoms with Gasteiger partial charge in [0, 0.05) is 5.69 Å². The Labute approximate surface area is 166 Å². The summed E-state index contributed by atoms with van der Waals surface area (Å²) in [5.74, 6) is 0.250. The van der Waals surface area contributed by atoms with Crippen molar-refractivity contribution in [2.75, 3.05) is 19.0 Å². The molecule has 152 valence electrons. The fraction of sp³-hybridized carbons (Fsp3) is 0.667. The molecule has 1 fully saturated rings. The molecule has 27 heavy (non-hydrogen) atoms. The molecule has 0 bridgehead atoms. The Morgan fingerprint density at radius 1 is 1.26 bits per heavy atom. The van der Waals surface area contributed by atoms with Gasteiger partial charge in [-0.05, 0) is 43.2 Å². The molecule has 3 atom stereocenters. The van der Waals surface area contributed by atoms with Crippen molar-refractivity contribution in [3.63, 3.8) is 0 Å². The smallest absolute Gasteiger partial charge is 0.242 e. The summed E-state index contributed by atoms with van der Waals surface area (Å²) >= 11 is 0. The molecule has 5 nitrogen and oxygen atoms in total. The second kappa shape index (κ2) is 8.43. The minimum Gasteiger partial charge on any atom is -0.415 e. The first-order valence-electron chi connectivity index (χ1n) is 9.92. The SMILES string of the molecule is CC(C)[C@@H](C(=O)Nc1ccccc1)N(C)[C@H]1N[C@@H]1CO[Si](C)(C)C(C)(C)C. The summed E-state index contributed by atoms with van der Waals surface area (Å²) in [5.41, 5.74) is 0.836. The number of nitrogens with zero attached hydrogens (tertiary/aromatic N) is 1. The standard InChI is InChI=1S/C21H37N3O2Si/c1-15(2)18(20(25)22-16-12-10-9-11-13-16)24(6)19-17(23-19)14-26-27(7,8)21(3,4)5/h9-13,15,17-19,23H,14H2,1-8H3,(H,22,25)/t17-,18+,19-/m1/s1. The molecular formula is C21H37N3O2Si. The van der Waals surface area contributed by atoms with E-state index < -0.39 is 8.32 Å². The predicted octanol–water partition coefficient (Wildman–Crippen LogP) is 3.90. The molecule has 1 aliphatic rings. The van der Waals surface area contributed by atoms with Crippen LogP contribution in [0.25, 0.3) is 0 Å². The summed E-state index contributed by atoms with van der Waals surface area (Å²) < 4.78 is 6.34. The van der Waals surface area contributed by atoms with Crippen LogP contribution >= 0.6 is 0 Å². The molecule has 1 aromatic carbocycles. The Hall–Kier alpha value is -1.21. The summed E-state index contributed by atoms with van der Waals surface area (Å²) in [7, 11) is 0.275. The number of carbonyl (C=O) groups excluding carboxylic acids is 1. The van der Waals surface area contributed by atoms with Crippen LogP contribution in [0, 0.1) is 5.92 Å². The van der Waals surface area contributed by atoms with Gasteiger partial charge in [-0.3, -0.25) is 15.0 Å². The molecule has 0 aromatic heterocycles. The van der Waals surface area contributed by atoms with Crippen LogP contribution in [-0.4, -0.2) is 51.0 Å². The third-order valence-corrected chi connectivity index (χ3v) is 10.4. The molecular weight excluding hydrogens is 354 g/mol. The number of likely N-dealkylation sites (N-methyl/N-ethyl adjacent to an activating group) is 1. The molecule has 1 heterocycles. The van der Waals surface area contributed by atoms with Gasteiger partial charge in [-0.25, -0.2) is 0 Å². The molecule has 1 saturated heterocycles. The van der Waals surface area contributed by atoms with Gasteiger partial charge in [-0.1, -0.05) is 52.8 Å². The van der Waals surface area contributed by atoms with Crippen LogP contribution in [0.3, 0.4) is 0 Å². The topological polar surface area (TPSA) is 63.5 Å². The third kappa shape index (κ3) is 5.64. The zero-order chi connectivity index (χ0) is 20.4. The number of carbonyl (C=O) groups is 1. The lowest BCUT2D eigenvalue weighted by molar-refractivity contribution is -0.122. The lowest BCUT2D eigenvalue weighted by atomic mass is 10.0. The number of hydrogen-bond acceptors (Lipinski definition) is 4. The normalized spacial score (nSPS) is 21.4. The highest BCUT2D eigenvalue weighted by Gasteiger charge is 2.46. The monoisotopic (exact) mass is 391 g/mol. The van der Waals surface area contributed by atoms with Gasteiger partial charge in [0.05, 0.1) is 24.9 Å². The number of anilines is 1. The molecule has 1 amide bonds. The first-order valence-corrected chi connectivity index (χ1v) is 12.8. The van der Waals surface area contributed by atoms with Crippen molar-refractivity contribution >= 4 is 19.9 Å². The summed E-state index contributed by atoms with van der Waals surface area (Å²) in [6, 6.07) is 9.74. The molecule has 0 unspecified atom stereocenters. The van der Waals surface area contributed by atoms with Gasteiger partial charge in [-0.15, -0.1) is 0 Å². The summed E-state index contributed by atoms with van der Waals surface area (Å²) in [5, 5.41) is 6.74. The molecule has 0 saturated carbocycles. The lowest BCUT2D eigenvalue weighted by Crippen LogP contribution is -2.48. The zero-order valence-electron chi connectivity index (χ0n) is 18.2. The molecule has 1 aliphatic heterocycles. The highest BCUT2D eigenvalue weighted by atomic mass is 28.4. The number of benzene rings is 1. The maximum Gasteiger partial charge on any atom is 0.242 e. The van der Waals surface area contributed by atoms with Crippen molar-refractivity contribution in [1.29, 1.82) is 0 Å². The van der Waals surface area contributed by atoms with Crippen LogP contribution in [0.15, 0.2) is 30.3 Å². The van der Waals surface area contributed by atoms with E-state index in [2.05, 4.69) is 63.2 Å². The molecule has 0 aliphatic carbocycles. The Morgan fingerprint density at radius 3 is 2.37 bits per heavy atom. The summed E-state index contributed by atoms with van der Waals surface area (Å²) in [6.07, 6.45) is 0.184. The molecule has 2 N–H and O–H groups in total. The van der Waals surface area contributed by atoms with Crippen molar-refractivity contribution in [1.82, 2.24) is 10.2 Å². The Kier molecular flexibility index (Phi) is 6.89. The van der Waals surface area contributed by atoms with E-state index in [4.69, 9.17) is 4.43 Å². The lowest BCUT2D eigenvalue weighted by Gasteiger charge is -2.36. The number of amides is 1. The second-order valence-corrected chi connectivity index (χ2v) is 14.3. The van der Waals surface area contributed by atoms with Crippen molar-refractivity contribution in [3.05, 3.63) is 30.3 Å². The van der Waals surface area contributed by atoms with E-state index in [0.717, 1.165) is 5.69 Å². The van der Waals surface area contributed by atoms with Gasteiger partial charge in [-0.2, -0.15) is 0 Å². The quantitative estimate of drug-likeness (QED) is 0.521. The molecule has 0 radical (unpaired) electrons. The first kappa shape index (κ1) is 22.1. The van der Waals surface area contributed by atoms with Crippen molar-refractivity contribution < 1.29 is 9.22 Å². The van der Waals surface area contributed by atoms with Gasteiger partial charge in [0.1, 0.15) is 0 Å². The van der Waals surface area contributed by atoms with Crippen LogP contribution in [0.4, 0.5) is 5.69 Å². The Bertz CT molecular complexity index is 628. The van der Waals surface area contributed by atoms with Gasteiger partial charge in [0.25, 0.3) is 0 Å². The van der Waals surface area contributed by atoms with Gasteiger partial charge in [0.2, 0.25) is 5.91 Å². The van der Waals surface area contributed by atoms with Crippen LogP contribution in [0.2, 0.25) is 18.1 Å². The van der Waals surface area contributed by atoms with Crippen LogP contribution in [0.1, 0.15) is 34.6 Å². The number of nitrogens with one attached hydrogen (secondary N) is 2. The molecule has 6 heteroatoms. The maximum absolute atomic E-state index is 12.9. The van der Waals surface area contributed by atoms with Crippen LogP contribution in [-0.2, 0) is 9.22 Å². The Morgan fingerprint density at radius 2 is 1.85 bits per heavy atom. The second-order valence-electron chi connectivity index (χ2n) is 9.50. The van der Waals surface area contributed by atoms with E-state index in [9.17, 15) is 4.79 Å². The van der Waals surface area contributed by atoms with Gasteiger partial charge >= 0.3 is 0 Å². The van der Waals surface area contributed by atoms with Gasteiger partial charge in [0.15, 0.2) is 8.32 Å². The molecule has 2 rings (SSSR count). The minimum absolute atomic E-state index is 0.0384. The molecule has 0 spiro atoms. The van der Waals surface area contributed by atoms with Crippen LogP contribution < -0.4 is 10.6 Å². The van der Waals surface area contributed by atoms with Crippen molar-refractivity contribution in [3.8, 4) is 0 Å². The zero-order valence-corrected chi connectivity index (χ0v) is 19.2. The van der Waals surface area contributed by atoms with Crippen molar-refractivity contribution in [2.24, 2.45) is 5.92 Å². The maximum atomic E-state index is 12.9. The van der Waals surface area contributed by atoms with E-state index in [1.807, 2.05) is 37.4 Å². The highest BCUT2D eigenvalue weighted by Crippen LogP contribution is 2.37. The fourth-order valence-electron chi connectivity index (χ4n) is 3.09. The molecule has 1 aromatic rings.